The van der Waals surface area contributed by atoms with Gasteiger partial charge >= 0.3 is 0 Å². The van der Waals surface area contributed by atoms with E-state index in [1.807, 2.05) is 42.8 Å². The topological polar surface area (TPSA) is 71.5 Å². The van der Waals surface area contributed by atoms with E-state index in [2.05, 4.69) is 4.98 Å². The van der Waals surface area contributed by atoms with E-state index < -0.39 is 0 Å². The number of hydrogen-bond acceptors (Lipinski definition) is 4. The summed E-state index contributed by atoms with van der Waals surface area (Å²) in [5, 5.41) is 10.7. The van der Waals surface area contributed by atoms with Gasteiger partial charge in [-0.2, -0.15) is 0 Å². The minimum Gasteiger partial charge on any atom is -0.451 e. The van der Waals surface area contributed by atoms with E-state index in [1.54, 1.807) is 11.2 Å². The van der Waals surface area contributed by atoms with Crippen LogP contribution >= 0.6 is 0 Å². The summed E-state index contributed by atoms with van der Waals surface area (Å²) in [5.74, 6) is 0.146. The van der Waals surface area contributed by atoms with Crippen LogP contribution in [0.15, 0.2) is 35.0 Å². The monoisotopic (exact) mass is 325 g/mol. The second-order valence-corrected chi connectivity index (χ2v) is 6.27. The lowest BCUT2D eigenvalue weighted by molar-refractivity contribution is 0.0506. The highest BCUT2D eigenvalue weighted by molar-refractivity contribution is 5.99. The SMILES string of the molecule is Cc1c(C(=O)N2Cc3ncn(C)c3C[C@@H]2CO)oc2ccccc12. The Balaban J connectivity index is 1.73. The Kier molecular flexibility index (Phi) is 3.42. The average Bonchev–Trinajstić information content (AvgIpc) is 3.14. The first-order valence-electron chi connectivity index (χ1n) is 7.99. The van der Waals surface area contributed by atoms with Crippen LogP contribution in [0, 0.1) is 6.92 Å². The molecule has 0 saturated carbocycles. The van der Waals surface area contributed by atoms with Crippen molar-refractivity contribution >= 4 is 16.9 Å². The number of carbonyl (C=O) groups excluding carboxylic acids is 1. The van der Waals surface area contributed by atoms with Crippen molar-refractivity contribution in [3.63, 3.8) is 0 Å². The molecular weight excluding hydrogens is 306 g/mol. The van der Waals surface area contributed by atoms with Crippen molar-refractivity contribution in [3.8, 4) is 0 Å². The molecule has 1 atom stereocenters. The first-order chi connectivity index (χ1) is 11.6. The Morgan fingerprint density at radius 2 is 2.21 bits per heavy atom. The number of aryl methyl sites for hydroxylation is 2. The van der Waals surface area contributed by atoms with Crippen molar-refractivity contribution in [3.05, 3.63) is 53.3 Å². The second kappa shape index (κ2) is 5.49. The van der Waals surface area contributed by atoms with Gasteiger partial charge in [-0.1, -0.05) is 18.2 Å². The van der Waals surface area contributed by atoms with Crippen LogP contribution in [0.25, 0.3) is 11.0 Å². The molecule has 3 aromatic rings. The predicted octanol–water partition coefficient (Wildman–Crippen LogP) is 2.03. The molecule has 4 rings (SSSR count). The molecule has 2 aromatic heterocycles. The van der Waals surface area contributed by atoms with Crippen LogP contribution in [-0.4, -0.2) is 38.1 Å². The molecule has 1 amide bonds. The fourth-order valence-corrected chi connectivity index (χ4v) is 3.43. The number of carbonyl (C=O) groups is 1. The molecule has 0 unspecified atom stereocenters. The number of hydrogen-bond donors (Lipinski definition) is 1. The molecule has 0 radical (unpaired) electrons. The summed E-state index contributed by atoms with van der Waals surface area (Å²) in [6.07, 6.45) is 2.34. The maximum Gasteiger partial charge on any atom is 0.290 e. The van der Waals surface area contributed by atoms with Crippen LogP contribution in [0.5, 0.6) is 0 Å². The summed E-state index contributed by atoms with van der Waals surface area (Å²) < 4.78 is 7.75. The number of aliphatic hydroxyl groups excluding tert-OH is 1. The predicted molar refractivity (Wildman–Crippen MR) is 88.6 cm³/mol. The molecule has 0 spiro atoms. The zero-order valence-electron chi connectivity index (χ0n) is 13.7. The molecule has 124 valence electrons. The van der Waals surface area contributed by atoms with Gasteiger partial charge in [-0.3, -0.25) is 4.79 Å². The van der Waals surface area contributed by atoms with Gasteiger partial charge < -0.3 is 19.0 Å². The van der Waals surface area contributed by atoms with Gasteiger partial charge in [-0.05, 0) is 13.0 Å². The van der Waals surface area contributed by atoms with Gasteiger partial charge in [-0.25, -0.2) is 4.98 Å². The van der Waals surface area contributed by atoms with E-state index in [4.69, 9.17) is 4.42 Å². The van der Waals surface area contributed by atoms with Crippen LogP contribution in [0.4, 0.5) is 0 Å². The Hall–Kier alpha value is -2.60. The standard InChI is InChI=1S/C18H19N3O3/c1-11-13-5-3-4-6-16(13)24-17(11)18(23)21-8-14-15(7-12(21)9-22)20(2)10-19-14/h3-6,10,12,22H,7-9H2,1-2H3/t12-/m1/s1. The Morgan fingerprint density at radius 1 is 1.42 bits per heavy atom. The minimum atomic E-state index is -0.270. The van der Waals surface area contributed by atoms with Crippen molar-refractivity contribution in [2.45, 2.75) is 25.9 Å². The number of imidazole rings is 1. The summed E-state index contributed by atoms with van der Waals surface area (Å²) in [5.41, 5.74) is 3.48. The number of rotatable bonds is 2. The van der Waals surface area contributed by atoms with Gasteiger partial charge in [0.1, 0.15) is 5.58 Å². The minimum absolute atomic E-state index is 0.0877. The van der Waals surface area contributed by atoms with Gasteiger partial charge in [-0.15, -0.1) is 0 Å². The number of benzene rings is 1. The summed E-state index contributed by atoms with van der Waals surface area (Å²) in [6, 6.07) is 7.35. The lowest BCUT2D eigenvalue weighted by Gasteiger charge is -2.34. The number of aliphatic hydroxyl groups is 1. The summed E-state index contributed by atoms with van der Waals surface area (Å²) in [4.78, 5) is 19.1. The van der Waals surface area contributed by atoms with Gasteiger partial charge in [0.15, 0.2) is 5.76 Å². The first-order valence-corrected chi connectivity index (χ1v) is 7.99. The Labute approximate surface area is 139 Å². The maximum absolute atomic E-state index is 13.1. The van der Waals surface area contributed by atoms with Crippen LogP contribution in [-0.2, 0) is 20.0 Å². The van der Waals surface area contributed by atoms with E-state index >= 15 is 0 Å². The van der Waals surface area contributed by atoms with Gasteiger partial charge in [0, 0.05) is 30.1 Å². The van der Waals surface area contributed by atoms with Crippen molar-refractivity contribution in [2.75, 3.05) is 6.61 Å². The third-order valence-electron chi connectivity index (χ3n) is 4.85. The molecule has 3 heterocycles. The largest absolute Gasteiger partial charge is 0.451 e. The highest BCUT2D eigenvalue weighted by Crippen LogP contribution is 2.29. The third kappa shape index (κ3) is 2.14. The van der Waals surface area contributed by atoms with Crippen molar-refractivity contribution in [1.29, 1.82) is 0 Å². The normalized spacial score (nSPS) is 17.3. The molecule has 1 aromatic carbocycles. The quantitative estimate of drug-likeness (QED) is 0.782. The molecule has 24 heavy (non-hydrogen) atoms. The van der Waals surface area contributed by atoms with Gasteiger partial charge in [0.25, 0.3) is 5.91 Å². The highest BCUT2D eigenvalue weighted by Gasteiger charge is 2.34. The molecule has 0 aliphatic carbocycles. The molecule has 6 heteroatoms. The molecule has 0 saturated heterocycles. The Bertz CT molecular complexity index is 925. The van der Waals surface area contributed by atoms with Gasteiger partial charge in [0.05, 0.1) is 31.2 Å². The number of nitrogens with zero attached hydrogens (tertiary/aromatic N) is 3. The summed E-state index contributed by atoms with van der Waals surface area (Å²) >= 11 is 0. The lowest BCUT2D eigenvalue weighted by atomic mass is 10.0. The van der Waals surface area contributed by atoms with E-state index in [9.17, 15) is 9.90 Å². The fourth-order valence-electron chi connectivity index (χ4n) is 3.43. The van der Waals surface area contributed by atoms with Crippen LogP contribution < -0.4 is 0 Å². The molecule has 0 bridgehead atoms. The van der Waals surface area contributed by atoms with E-state index in [-0.39, 0.29) is 18.6 Å². The van der Waals surface area contributed by atoms with E-state index in [0.29, 0.717) is 24.3 Å². The second-order valence-electron chi connectivity index (χ2n) is 6.27. The first kappa shape index (κ1) is 15.0. The molecule has 0 fully saturated rings. The number of furan rings is 1. The number of aromatic nitrogens is 2. The number of amides is 1. The van der Waals surface area contributed by atoms with Crippen LogP contribution in [0.2, 0.25) is 0 Å². The van der Waals surface area contributed by atoms with Gasteiger partial charge in [0.2, 0.25) is 0 Å². The molecule has 6 nitrogen and oxygen atoms in total. The van der Waals surface area contributed by atoms with Crippen LogP contribution in [0.1, 0.15) is 27.5 Å². The van der Waals surface area contributed by atoms with Crippen molar-refractivity contribution < 1.29 is 14.3 Å². The molecule has 1 aliphatic rings. The summed E-state index contributed by atoms with van der Waals surface area (Å²) in [6.45, 7) is 2.19. The van der Waals surface area contributed by atoms with E-state index in [1.165, 1.54) is 0 Å². The van der Waals surface area contributed by atoms with Crippen LogP contribution in [0.3, 0.4) is 0 Å². The number of para-hydroxylation sites is 1. The third-order valence-corrected chi connectivity index (χ3v) is 4.85. The maximum atomic E-state index is 13.1. The molecule has 1 N–H and O–H groups in total. The fraction of sp³-hybridized carbons (Fsp3) is 0.333. The number of fused-ring (bicyclic) bond motifs is 2. The van der Waals surface area contributed by atoms with E-state index in [0.717, 1.165) is 22.3 Å². The highest BCUT2D eigenvalue weighted by atomic mass is 16.3. The van der Waals surface area contributed by atoms with Crippen molar-refractivity contribution in [1.82, 2.24) is 14.5 Å². The molecular formula is C18H19N3O3. The smallest absolute Gasteiger partial charge is 0.290 e. The Morgan fingerprint density at radius 3 is 2.96 bits per heavy atom. The zero-order chi connectivity index (χ0) is 16.8. The average molecular weight is 325 g/mol. The zero-order valence-corrected chi connectivity index (χ0v) is 13.7. The summed E-state index contributed by atoms with van der Waals surface area (Å²) in [7, 11) is 1.93. The lowest BCUT2D eigenvalue weighted by Crippen LogP contribution is -2.46. The molecule has 1 aliphatic heterocycles. The van der Waals surface area contributed by atoms with Crippen molar-refractivity contribution in [2.24, 2.45) is 7.05 Å².